The normalized spacial score (nSPS) is 10.7. The Hall–Kier alpha value is -3.28. The topological polar surface area (TPSA) is 75.0 Å². The van der Waals surface area contributed by atoms with Gasteiger partial charge in [0.2, 0.25) is 0 Å². The minimum Gasteiger partial charge on any atom is -0.493 e. The number of methoxy groups -OCH3 is 1. The molecule has 0 unspecified atom stereocenters. The number of rotatable bonds is 7. The Morgan fingerprint density at radius 3 is 2.57 bits per heavy atom. The van der Waals surface area contributed by atoms with Gasteiger partial charge in [0.05, 0.1) is 19.3 Å². The van der Waals surface area contributed by atoms with Crippen LogP contribution in [0, 0.1) is 0 Å². The molecule has 146 valence electrons. The average molecular weight is 382 g/mol. The molecule has 28 heavy (non-hydrogen) atoms. The monoisotopic (exact) mass is 382 g/mol. The molecule has 0 aliphatic heterocycles. The Bertz CT molecular complexity index is 1050. The van der Waals surface area contributed by atoms with Gasteiger partial charge in [-0.15, -0.1) is 0 Å². The number of hydrogen-bond donors (Lipinski definition) is 0. The summed E-state index contributed by atoms with van der Waals surface area (Å²) in [4.78, 5) is 24.3. The van der Waals surface area contributed by atoms with E-state index in [0.29, 0.717) is 34.8 Å². The molecule has 3 aromatic rings. The number of esters is 1. The number of fused-ring (bicyclic) bond motifs is 1. The Morgan fingerprint density at radius 1 is 1.04 bits per heavy atom. The Balaban J connectivity index is 1.83. The summed E-state index contributed by atoms with van der Waals surface area (Å²) in [5, 5.41) is 0.745. The van der Waals surface area contributed by atoms with Gasteiger partial charge >= 0.3 is 11.6 Å². The van der Waals surface area contributed by atoms with Crippen molar-refractivity contribution in [2.45, 2.75) is 26.9 Å². The molecule has 0 atom stereocenters. The van der Waals surface area contributed by atoms with Crippen LogP contribution < -0.4 is 15.1 Å². The van der Waals surface area contributed by atoms with Gasteiger partial charge in [0, 0.05) is 17.0 Å². The van der Waals surface area contributed by atoms with E-state index >= 15 is 0 Å². The van der Waals surface area contributed by atoms with Crippen molar-refractivity contribution in [3.8, 4) is 11.5 Å². The highest BCUT2D eigenvalue weighted by Gasteiger charge is 2.14. The van der Waals surface area contributed by atoms with Gasteiger partial charge in [-0.3, -0.25) is 0 Å². The van der Waals surface area contributed by atoms with E-state index in [1.54, 1.807) is 18.2 Å². The van der Waals surface area contributed by atoms with Crippen molar-refractivity contribution in [3.05, 3.63) is 69.6 Å². The Kier molecular flexibility index (Phi) is 5.99. The van der Waals surface area contributed by atoms with Gasteiger partial charge in [0.15, 0.2) is 11.5 Å². The molecule has 6 nitrogen and oxygen atoms in total. The third-order valence-corrected chi connectivity index (χ3v) is 4.36. The molecule has 3 rings (SSSR count). The van der Waals surface area contributed by atoms with E-state index in [4.69, 9.17) is 18.6 Å². The minimum absolute atomic E-state index is 0.0393. The van der Waals surface area contributed by atoms with Crippen molar-refractivity contribution in [1.82, 2.24) is 0 Å². The minimum atomic E-state index is -0.518. The highest BCUT2D eigenvalue weighted by atomic mass is 16.5. The third kappa shape index (κ3) is 4.17. The molecule has 0 bridgehead atoms. The fourth-order valence-corrected chi connectivity index (χ4v) is 2.91. The molecule has 0 radical (unpaired) electrons. The predicted octanol–water partition coefficient (Wildman–Crippen LogP) is 4.12. The number of ether oxygens (including phenoxy) is 3. The van der Waals surface area contributed by atoms with Crippen LogP contribution in [0.1, 0.15) is 35.3 Å². The van der Waals surface area contributed by atoms with E-state index in [0.717, 1.165) is 17.4 Å². The van der Waals surface area contributed by atoms with Crippen molar-refractivity contribution in [2.24, 2.45) is 0 Å². The number of aryl methyl sites for hydroxylation is 1. The summed E-state index contributed by atoms with van der Waals surface area (Å²) >= 11 is 0. The summed E-state index contributed by atoms with van der Waals surface area (Å²) in [7, 11) is 1.53. The summed E-state index contributed by atoms with van der Waals surface area (Å²) in [6.07, 6.45) is 0.832. The van der Waals surface area contributed by atoms with Crippen molar-refractivity contribution >= 4 is 16.9 Å². The first kappa shape index (κ1) is 19.5. The maximum Gasteiger partial charge on any atom is 0.338 e. The zero-order valence-corrected chi connectivity index (χ0v) is 16.1. The van der Waals surface area contributed by atoms with Gasteiger partial charge in [0.1, 0.15) is 12.2 Å². The van der Waals surface area contributed by atoms with E-state index in [-0.39, 0.29) is 6.61 Å². The molecule has 1 heterocycles. The SMILES string of the molecule is CCOc1cc(C(=O)OCc2cc(=O)oc3cc(CC)ccc23)ccc1OC. The van der Waals surface area contributed by atoms with Crippen molar-refractivity contribution in [1.29, 1.82) is 0 Å². The molecule has 1 aromatic heterocycles. The first-order chi connectivity index (χ1) is 13.5. The van der Waals surface area contributed by atoms with Crippen LogP contribution in [0.4, 0.5) is 0 Å². The molecule has 0 amide bonds. The average Bonchev–Trinajstić information content (AvgIpc) is 2.71. The maximum absolute atomic E-state index is 12.5. The lowest BCUT2D eigenvalue weighted by molar-refractivity contribution is 0.0473. The van der Waals surface area contributed by atoms with Crippen molar-refractivity contribution < 1.29 is 23.4 Å². The summed E-state index contributed by atoms with van der Waals surface area (Å²) in [6.45, 7) is 4.28. The molecule has 0 aliphatic rings. The van der Waals surface area contributed by atoms with Crippen molar-refractivity contribution in [3.63, 3.8) is 0 Å². The van der Waals surface area contributed by atoms with Gasteiger partial charge in [-0.25, -0.2) is 9.59 Å². The number of benzene rings is 2. The second-order valence-corrected chi connectivity index (χ2v) is 6.15. The lowest BCUT2D eigenvalue weighted by Crippen LogP contribution is -2.08. The highest BCUT2D eigenvalue weighted by molar-refractivity contribution is 5.90. The molecule has 0 saturated carbocycles. The molecule has 2 aromatic carbocycles. The van der Waals surface area contributed by atoms with Crippen LogP contribution in [0.25, 0.3) is 11.0 Å². The lowest BCUT2D eigenvalue weighted by atomic mass is 10.1. The van der Waals surface area contributed by atoms with Gasteiger partial charge in [0.25, 0.3) is 0 Å². The molecule has 0 fully saturated rings. The van der Waals surface area contributed by atoms with Crippen LogP contribution in [-0.4, -0.2) is 19.7 Å². The third-order valence-electron chi connectivity index (χ3n) is 4.36. The fourth-order valence-electron chi connectivity index (χ4n) is 2.91. The van der Waals surface area contributed by atoms with Gasteiger partial charge in [-0.1, -0.05) is 19.1 Å². The number of carbonyl (C=O) groups excluding carboxylic acids is 1. The van der Waals surface area contributed by atoms with E-state index < -0.39 is 11.6 Å². The predicted molar refractivity (Wildman–Crippen MR) is 105 cm³/mol. The number of hydrogen-bond acceptors (Lipinski definition) is 6. The summed E-state index contributed by atoms with van der Waals surface area (Å²) in [5.41, 5.74) is 2.01. The molecule has 0 spiro atoms. The van der Waals surface area contributed by atoms with E-state index in [1.165, 1.54) is 13.2 Å². The first-order valence-corrected chi connectivity index (χ1v) is 9.09. The molecule has 0 saturated heterocycles. The second kappa shape index (κ2) is 8.61. The van der Waals surface area contributed by atoms with Crippen LogP contribution in [0.15, 0.2) is 51.7 Å². The van der Waals surface area contributed by atoms with Crippen LogP contribution in [0.3, 0.4) is 0 Å². The highest BCUT2D eigenvalue weighted by Crippen LogP contribution is 2.28. The van der Waals surface area contributed by atoms with Gasteiger partial charge in [-0.05, 0) is 43.2 Å². The summed E-state index contributed by atoms with van der Waals surface area (Å²) in [6, 6.07) is 11.9. The van der Waals surface area contributed by atoms with Crippen LogP contribution >= 0.6 is 0 Å². The smallest absolute Gasteiger partial charge is 0.338 e. The quantitative estimate of drug-likeness (QED) is 0.452. The molecular weight excluding hydrogens is 360 g/mol. The summed E-state index contributed by atoms with van der Waals surface area (Å²) in [5.74, 6) is 0.490. The van der Waals surface area contributed by atoms with Crippen molar-refractivity contribution in [2.75, 3.05) is 13.7 Å². The summed E-state index contributed by atoms with van der Waals surface area (Å²) < 4.78 is 21.4. The van der Waals surface area contributed by atoms with Crippen LogP contribution in [0.2, 0.25) is 0 Å². The molecule has 6 heteroatoms. The zero-order valence-electron chi connectivity index (χ0n) is 16.1. The lowest BCUT2D eigenvalue weighted by Gasteiger charge is -2.11. The zero-order chi connectivity index (χ0) is 20.1. The fraction of sp³-hybridized carbons (Fsp3) is 0.273. The van der Waals surface area contributed by atoms with E-state index in [2.05, 4.69) is 0 Å². The standard InChI is InChI=1S/C22H22O6/c1-4-14-6-8-17-16(12-21(23)28-19(17)10-14)13-27-22(24)15-7-9-18(25-3)20(11-15)26-5-2/h6-12H,4-5,13H2,1-3H3. The second-order valence-electron chi connectivity index (χ2n) is 6.15. The molecule has 0 aliphatic carbocycles. The van der Waals surface area contributed by atoms with E-state index in [9.17, 15) is 9.59 Å². The van der Waals surface area contributed by atoms with Gasteiger partial charge in [-0.2, -0.15) is 0 Å². The maximum atomic E-state index is 12.5. The molecule has 0 N–H and O–H groups in total. The number of carbonyl (C=O) groups is 1. The van der Waals surface area contributed by atoms with Gasteiger partial charge < -0.3 is 18.6 Å². The first-order valence-electron chi connectivity index (χ1n) is 9.09. The van der Waals surface area contributed by atoms with Crippen LogP contribution in [-0.2, 0) is 17.8 Å². The largest absolute Gasteiger partial charge is 0.493 e. The van der Waals surface area contributed by atoms with E-state index in [1.807, 2.05) is 32.0 Å². The Morgan fingerprint density at radius 2 is 1.86 bits per heavy atom. The van der Waals surface area contributed by atoms with Crippen LogP contribution in [0.5, 0.6) is 11.5 Å². The Labute approximate surface area is 162 Å². The molecular formula is C22H22O6.